The van der Waals surface area contributed by atoms with Crippen LogP contribution >= 0.6 is 34.2 Å². The van der Waals surface area contributed by atoms with Gasteiger partial charge in [-0.2, -0.15) is 0 Å². The molecule has 2 aromatic rings. The van der Waals surface area contributed by atoms with Gasteiger partial charge in [0.1, 0.15) is 6.61 Å². The highest BCUT2D eigenvalue weighted by atomic mass is 127. The number of methoxy groups -OCH3 is 1. The molecule has 8 nitrogen and oxygen atoms in total. The number of nitro groups is 1. The summed E-state index contributed by atoms with van der Waals surface area (Å²) in [6.45, 7) is 3.93. The summed E-state index contributed by atoms with van der Waals surface area (Å²) >= 11 is 8.20. The van der Waals surface area contributed by atoms with E-state index in [1.807, 2.05) is 0 Å². The van der Waals surface area contributed by atoms with Crippen LogP contribution in [0.25, 0.3) is 6.08 Å². The quantitative estimate of drug-likeness (QED) is 0.125. The van der Waals surface area contributed by atoms with Gasteiger partial charge in [0, 0.05) is 12.1 Å². The van der Waals surface area contributed by atoms with Crippen molar-refractivity contribution < 1.29 is 23.9 Å². The molecule has 154 valence electrons. The lowest BCUT2D eigenvalue weighted by atomic mass is 10.1. The van der Waals surface area contributed by atoms with Crippen LogP contribution in [0.15, 0.2) is 53.7 Å². The van der Waals surface area contributed by atoms with Crippen LogP contribution < -0.4 is 9.47 Å². The minimum Gasteiger partial charge on any atom is -0.493 e. The third-order valence-electron chi connectivity index (χ3n) is 3.91. The van der Waals surface area contributed by atoms with Crippen molar-refractivity contribution in [1.29, 1.82) is 0 Å². The van der Waals surface area contributed by atoms with Crippen LogP contribution in [0.4, 0.5) is 5.69 Å². The van der Waals surface area contributed by atoms with Crippen molar-refractivity contribution in [3.8, 4) is 11.5 Å². The summed E-state index contributed by atoms with van der Waals surface area (Å²) in [5.74, 6) is 0.232. The highest BCUT2D eigenvalue weighted by molar-refractivity contribution is 14.1. The second-order valence-electron chi connectivity index (χ2n) is 5.89. The largest absolute Gasteiger partial charge is 0.493 e. The lowest BCUT2D eigenvalue weighted by Gasteiger charge is -2.12. The van der Waals surface area contributed by atoms with Gasteiger partial charge in [-0.3, -0.25) is 10.1 Å². The molecule has 0 fully saturated rings. The number of aliphatic imine (C=N–C) groups is 1. The molecule has 0 atom stereocenters. The summed E-state index contributed by atoms with van der Waals surface area (Å²) in [6, 6.07) is 7.28. The maximum Gasteiger partial charge on any atom is 0.363 e. The van der Waals surface area contributed by atoms with Crippen molar-refractivity contribution in [2.45, 2.75) is 0 Å². The molecule has 0 unspecified atom stereocenters. The van der Waals surface area contributed by atoms with Crippen LogP contribution in [0.3, 0.4) is 0 Å². The molecule has 10 heteroatoms. The number of ether oxygens (including phenoxy) is 3. The first-order chi connectivity index (χ1) is 14.3. The number of benzene rings is 2. The highest BCUT2D eigenvalue weighted by Crippen LogP contribution is 2.35. The van der Waals surface area contributed by atoms with Gasteiger partial charge >= 0.3 is 5.97 Å². The SMILES string of the molecule is C=CCOc1c(I)cc(C=C2N=C(c3cc([N+](=O)[O-])ccc3Cl)OC2=O)cc1OC. The number of carbonyl (C=O) groups excluding carboxylic acids is 1. The summed E-state index contributed by atoms with van der Waals surface area (Å²) in [4.78, 5) is 26.9. The topological polar surface area (TPSA) is 100 Å². The standard InChI is InChI=1S/C20H14ClIN2O6/c1-3-6-29-18-15(22)7-11(9-17(18)28-2)8-16-20(25)30-19(23-16)13-10-12(24(26)27)4-5-14(13)21/h3-5,7-10H,1,6H2,2H3. The van der Waals surface area contributed by atoms with Crippen molar-refractivity contribution >= 4 is 57.8 Å². The molecule has 1 aliphatic rings. The van der Waals surface area contributed by atoms with E-state index in [0.29, 0.717) is 23.7 Å². The Morgan fingerprint density at radius 1 is 1.37 bits per heavy atom. The molecule has 3 rings (SSSR count). The summed E-state index contributed by atoms with van der Waals surface area (Å²) in [6.07, 6.45) is 3.14. The monoisotopic (exact) mass is 540 g/mol. The lowest BCUT2D eigenvalue weighted by molar-refractivity contribution is -0.384. The molecule has 0 saturated heterocycles. The Hall–Kier alpha value is -2.92. The van der Waals surface area contributed by atoms with E-state index in [4.69, 9.17) is 25.8 Å². The van der Waals surface area contributed by atoms with Crippen LogP contribution in [0.5, 0.6) is 11.5 Å². The third kappa shape index (κ3) is 4.62. The predicted octanol–water partition coefficient (Wildman–Crippen LogP) is 4.77. The van der Waals surface area contributed by atoms with Gasteiger partial charge in [0.2, 0.25) is 5.90 Å². The Bertz CT molecular complexity index is 1110. The summed E-state index contributed by atoms with van der Waals surface area (Å²) in [7, 11) is 1.51. The Kier molecular flexibility index (Phi) is 6.73. The Labute approximate surface area is 190 Å². The van der Waals surface area contributed by atoms with Gasteiger partial charge in [0.15, 0.2) is 17.2 Å². The van der Waals surface area contributed by atoms with Crippen molar-refractivity contribution in [2.75, 3.05) is 13.7 Å². The molecule has 0 saturated carbocycles. The van der Waals surface area contributed by atoms with Crippen molar-refractivity contribution in [3.63, 3.8) is 0 Å². The first-order valence-corrected chi connectivity index (χ1v) is 9.87. The normalized spacial score (nSPS) is 14.3. The van der Waals surface area contributed by atoms with Crippen molar-refractivity contribution in [3.05, 3.63) is 78.5 Å². The number of nitrogens with zero attached hydrogens (tertiary/aromatic N) is 2. The number of hydrogen-bond acceptors (Lipinski definition) is 7. The number of esters is 1. The summed E-state index contributed by atoms with van der Waals surface area (Å²) in [5.41, 5.74) is 0.609. The van der Waals surface area contributed by atoms with Crippen LogP contribution in [0.2, 0.25) is 5.02 Å². The van der Waals surface area contributed by atoms with Gasteiger partial charge in [-0.05, 0) is 52.4 Å². The van der Waals surface area contributed by atoms with Crippen LogP contribution in [0.1, 0.15) is 11.1 Å². The molecule has 30 heavy (non-hydrogen) atoms. The molecule has 0 aromatic heterocycles. The number of rotatable bonds is 7. The number of carbonyl (C=O) groups is 1. The van der Waals surface area contributed by atoms with Gasteiger partial charge in [-0.15, -0.1) is 0 Å². The second-order valence-corrected chi connectivity index (χ2v) is 7.46. The fraction of sp³-hybridized carbons (Fsp3) is 0.100. The Balaban J connectivity index is 1.99. The number of cyclic esters (lactones) is 1. The molecule has 1 aliphatic heterocycles. The van der Waals surface area contributed by atoms with E-state index in [-0.39, 0.29) is 27.9 Å². The van der Waals surface area contributed by atoms with E-state index in [1.54, 1.807) is 18.2 Å². The zero-order valence-corrected chi connectivity index (χ0v) is 18.5. The molecule has 0 bridgehead atoms. The van der Waals surface area contributed by atoms with Crippen LogP contribution in [0, 0.1) is 13.7 Å². The van der Waals surface area contributed by atoms with Gasteiger partial charge in [-0.1, -0.05) is 24.3 Å². The highest BCUT2D eigenvalue weighted by Gasteiger charge is 2.27. The number of hydrogen-bond donors (Lipinski definition) is 0. The van der Waals surface area contributed by atoms with E-state index in [2.05, 4.69) is 34.2 Å². The molecule has 0 amide bonds. The molecule has 0 N–H and O–H groups in total. The van der Waals surface area contributed by atoms with Crippen molar-refractivity contribution in [2.24, 2.45) is 4.99 Å². The van der Waals surface area contributed by atoms with Gasteiger partial charge in [0.25, 0.3) is 5.69 Å². The third-order valence-corrected chi connectivity index (χ3v) is 5.04. The minimum absolute atomic E-state index is 0.0187. The van der Waals surface area contributed by atoms with Crippen molar-refractivity contribution in [1.82, 2.24) is 0 Å². The maximum absolute atomic E-state index is 12.3. The van der Waals surface area contributed by atoms with E-state index in [9.17, 15) is 14.9 Å². The fourth-order valence-corrected chi connectivity index (χ4v) is 3.56. The fourth-order valence-electron chi connectivity index (χ4n) is 2.58. The molecule has 0 spiro atoms. The lowest BCUT2D eigenvalue weighted by Crippen LogP contribution is -2.06. The summed E-state index contributed by atoms with van der Waals surface area (Å²) in [5, 5.41) is 11.2. The average molecular weight is 541 g/mol. The summed E-state index contributed by atoms with van der Waals surface area (Å²) < 4.78 is 16.9. The predicted molar refractivity (Wildman–Crippen MR) is 120 cm³/mol. The Morgan fingerprint density at radius 2 is 2.13 bits per heavy atom. The minimum atomic E-state index is -0.700. The zero-order valence-electron chi connectivity index (χ0n) is 15.6. The smallest absolute Gasteiger partial charge is 0.363 e. The number of halogens is 2. The molecule has 1 heterocycles. The molecule has 0 radical (unpaired) electrons. The molecular formula is C20H14ClIN2O6. The Morgan fingerprint density at radius 3 is 2.80 bits per heavy atom. The molecule has 0 aliphatic carbocycles. The first-order valence-electron chi connectivity index (χ1n) is 8.42. The van der Waals surface area contributed by atoms with Crippen LogP contribution in [-0.2, 0) is 9.53 Å². The van der Waals surface area contributed by atoms with Gasteiger partial charge in [-0.25, -0.2) is 9.79 Å². The molecular weight excluding hydrogens is 527 g/mol. The number of non-ortho nitro benzene ring substituents is 1. The average Bonchev–Trinajstić information content (AvgIpc) is 3.07. The van der Waals surface area contributed by atoms with Gasteiger partial charge in [0.05, 0.1) is 26.2 Å². The van der Waals surface area contributed by atoms with E-state index in [0.717, 1.165) is 3.57 Å². The zero-order chi connectivity index (χ0) is 21.8. The van der Waals surface area contributed by atoms with E-state index >= 15 is 0 Å². The maximum atomic E-state index is 12.3. The van der Waals surface area contributed by atoms with Crippen LogP contribution in [-0.4, -0.2) is 30.5 Å². The second kappa shape index (κ2) is 9.26. The number of nitro benzene ring substituents is 1. The van der Waals surface area contributed by atoms with E-state index in [1.165, 1.54) is 31.4 Å². The van der Waals surface area contributed by atoms with E-state index < -0.39 is 10.9 Å². The first kappa shape index (κ1) is 21.8. The molecule has 2 aromatic carbocycles. The van der Waals surface area contributed by atoms with Gasteiger partial charge < -0.3 is 14.2 Å².